The Balaban J connectivity index is 2.85. The second-order valence-corrected chi connectivity index (χ2v) is 3.20. The predicted octanol–water partition coefficient (Wildman–Crippen LogP) is 1.38. The van der Waals surface area contributed by atoms with Gasteiger partial charge in [-0.25, -0.2) is 4.98 Å². The Bertz CT molecular complexity index is 429. The molecule has 1 rings (SSSR count). The lowest BCUT2D eigenvalue weighted by Gasteiger charge is -2.06. The summed E-state index contributed by atoms with van der Waals surface area (Å²) in [5.74, 6) is -0.0697. The third kappa shape index (κ3) is 2.95. The van der Waals surface area contributed by atoms with E-state index in [0.29, 0.717) is 0 Å². The first-order chi connectivity index (χ1) is 7.69. The van der Waals surface area contributed by atoms with Crippen molar-refractivity contribution < 1.29 is 4.79 Å². The molecule has 1 amide bonds. The molecule has 0 spiro atoms. The summed E-state index contributed by atoms with van der Waals surface area (Å²) in [5.41, 5.74) is 1.61. The molecule has 1 aromatic rings. The number of allylic oxidation sites excluding steroid dienone is 4. The Morgan fingerprint density at radius 2 is 2.44 bits per heavy atom. The van der Waals surface area contributed by atoms with Crippen LogP contribution in [0.3, 0.4) is 0 Å². The van der Waals surface area contributed by atoms with E-state index in [0.717, 1.165) is 11.3 Å². The molecule has 1 aromatic heterocycles. The van der Waals surface area contributed by atoms with Crippen LogP contribution in [0.5, 0.6) is 0 Å². The van der Waals surface area contributed by atoms with Crippen LogP contribution in [0, 0.1) is 0 Å². The maximum Gasteiger partial charge on any atom is 0.239 e. The van der Waals surface area contributed by atoms with Crippen LogP contribution >= 0.6 is 0 Å². The number of aromatic nitrogens is 2. The smallest absolute Gasteiger partial charge is 0.239 e. The molecular formula is C12H15N3O. The number of imidazole rings is 1. The van der Waals surface area contributed by atoms with Gasteiger partial charge in [0.2, 0.25) is 5.91 Å². The van der Waals surface area contributed by atoms with Gasteiger partial charge in [0.05, 0.1) is 18.2 Å². The summed E-state index contributed by atoms with van der Waals surface area (Å²) in [6, 6.07) is 0. The summed E-state index contributed by atoms with van der Waals surface area (Å²) in [7, 11) is 1.60. The molecule has 1 N–H and O–H groups in total. The summed E-state index contributed by atoms with van der Waals surface area (Å²) < 4.78 is 1.74. The molecule has 0 unspecified atom stereocenters. The molecule has 16 heavy (non-hydrogen) atoms. The lowest BCUT2D eigenvalue weighted by Crippen LogP contribution is -2.23. The van der Waals surface area contributed by atoms with Crippen molar-refractivity contribution in [2.24, 2.45) is 0 Å². The summed E-state index contributed by atoms with van der Waals surface area (Å²) in [6.07, 6.45) is 8.57. The fraction of sp³-hybridized carbons (Fsp3) is 0.167. The molecule has 84 valence electrons. The highest BCUT2D eigenvalue weighted by atomic mass is 16.1. The second-order valence-electron chi connectivity index (χ2n) is 3.20. The van der Waals surface area contributed by atoms with Gasteiger partial charge in [-0.15, -0.1) is 0 Å². The van der Waals surface area contributed by atoms with Gasteiger partial charge < -0.3 is 9.88 Å². The molecule has 0 bridgehead atoms. The second kappa shape index (κ2) is 5.70. The largest absolute Gasteiger partial charge is 0.358 e. The highest BCUT2D eigenvalue weighted by Crippen LogP contribution is 2.13. The van der Waals surface area contributed by atoms with Crippen LogP contribution in [0.2, 0.25) is 0 Å². The van der Waals surface area contributed by atoms with E-state index < -0.39 is 0 Å². The highest BCUT2D eigenvalue weighted by molar-refractivity contribution is 5.77. The SMILES string of the molecule is C=C/C=C\C(=C)c1cncn1CC(=O)NC. The van der Waals surface area contributed by atoms with Crippen molar-refractivity contribution in [3.8, 4) is 0 Å². The van der Waals surface area contributed by atoms with Gasteiger partial charge in [0.25, 0.3) is 0 Å². The van der Waals surface area contributed by atoms with Gasteiger partial charge in [-0.2, -0.15) is 0 Å². The van der Waals surface area contributed by atoms with Crippen molar-refractivity contribution in [3.05, 3.63) is 49.6 Å². The molecular weight excluding hydrogens is 202 g/mol. The van der Waals surface area contributed by atoms with E-state index in [1.165, 1.54) is 0 Å². The molecule has 4 nitrogen and oxygen atoms in total. The molecule has 1 heterocycles. The molecule has 0 aromatic carbocycles. The molecule has 0 aliphatic heterocycles. The third-order valence-corrected chi connectivity index (χ3v) is 2.07. The van der Waals surface area contributed by atoms with Gasteiger partial charge in [-0.1, -0.05) is 31.4 Å². The summed E-state index contributed by atoms with van der Waals surface area (Å²) >= 11 is 0. The van der Waals surface area contributed by atoms with Gasteiger partial charge >= 0.3 is 0 Å². The van der Waals surface area contributed by atoms with Crippen molar-refractivity contribution >= 4 is 11.5 Å². The van der Waals surface area contributed by atoms with E-state index in [4.69, 9.17) is 0 Å². The number of hydrogen-bond donors (Lipinski definition) is 1. The van der Waals surface area contributed by atoms with Crippen molar-refractivity contribution in [3.63, 3.8) is 0 Å². The number of hydrogen-bond acceptors (Lipinski definition) is 2. The fourth-order valence-corrected chi connectivity index (χ4v) is 1.22. The van der Waals surface area contributed by atoms with Gasteiger partial charge in [-0.05, 0) is 5.57 Å². The Morgan fingerprint density at radius 1 is 1.69 bits per heavy atom. The van der Waals surface area contributed by atoms with E-state index in [-0.39, 0.29) is 12.5 Å². The number of carbonyl (C=O) groups excluding carboxylic acids is 1. The number of nitrogens with one attached hydrogen (secondary N) is 1. The monoisotopic (exact) mass is 217 g/mol. The van der Waals surface area contributed by atoms with Crippen LogP contribution < -0.4 is 5.32 Å². The molecule has 4 heteroatoms. The van der Waals surface area contributed by atoms with E-state index in [9.17, 15) is 4.79 Å². The number of carbonyl (C=O) groups is 1. The molecule has 0 aliphatic rings. The average molecular weight is 217 g/mol. The molecule has 0 aliphatic carbocycles. The first kappa shape index (κ1) is 12.0. The lowest BCUT2D eigenvalue weighted by atomic mass is 10.2. The van der Waals surface area contributed by atoms with Crippen molar-refractivity contribution in [2.45, 2.75) is 6.54 Å². The lowest BCUT2D eigenvalue weighted by molar-refractivity contribution is -0.121. The molecule has 0 saturated heterocycles. The fourth-order valence-electron chi connectivity index (χ4n) is 1.22. The minimum absolute atomic E-state index is 0.0697. The topological polar surface area (TPSA) is 46.9 Å². The van der Waals surface area contributed by atoms with Gasteiger partial charge in [-0.3, -0.25) is 4.79 Å². The van der Waals surface area contributed by atoms with Gasteiger partial charge in [0.1, 0.15) is 6.54 Å². The third-order valence-electron chi connectivity index (χ3n) is 2.07. The molecule has 0 atom stereocenters. The van der Waals surface area contributed by atoms with Crippen LogP contribution in [-0.2, 0) is 11.3 Å². The Morgan fingerprint density at radius 3 is 3.06 bits per heavy atom. The quantitative estimate of drug-likeness (QED) is 0.757. The van der Waals surface area contributed by atoms with Crippen molar-refractivity contribution in [2.75, 3.05) is 7.05 Å². The van der Waals surface area contributed by atoms with E-state index >= 15 is 0 Å². The van der Waals surface area contributed by atoms with Crippen LogP contribution in [0.1, 0.15) is 5.69 Å². The summed E-state index contributed by atoms with van der Waals surface area (Å²) in [6.45, 7) is 7.73. The Kier molecular flexibility index (Phi) is 4.27. The Labute approximate surface area is 95.0 Å². The molecule has 0 fully saturated rings. The zero-order valence-corrected chi connectivity index (χ0v) is 9.31. The average Bonchev–Trinajstić information content (AvgIpc) is 2.73. The number of nitrogens with zero attached hydrogens (tertiary/aromatic N) is 2. The standard InChI is InChI=1S/C12H15N3O/c1-4-5-6-10(2)11-7-14-9-15(11)8-12(16)13-3/h4-7,9H,1-2,8H2,3H3,(H,13,16)/b6-5-. The highest BCUT2D eigenvalue weighted by Gasteiger charge is 2.06. The first-order valence-electron chi connectivity index (χ1n) is 4.88. The summed E-state index contributed by atoms with van der Waals surface area (Å²) in [4.78, 5) is 15.2. The maximum absolute atomic E-state index is 11.2. The minimum Gasteiger partial charge on any atom is -0.358 e. The number of likely N-dealkylation sites (N-methyl/N-ethyl adjacent to an activating group) is 1. The zero-order chi connectivity index (χ0) is 12.0. The maximum atomic E-state index is 11.2. The zero-order valence-electron chi connectivity index (χ0n) is 9.31. The van der Waals surface area contributed by atoms with Crippen molar-refractivity contribution in [1.82, 2.24) is 14.9 Å². The minimum atomic E-state index is -0.0697. The normalized spacial score (nSPS) is 10.3. The molecule has 0 saturated carbocycles. The van der Waals surface area contributed by atoms with Crippen LogP contribution in [-0.4, -0.2) is 22.5 Å². The molecule has 0 radical (unpaired) electrons. The van der Waals surface area contributed by atoms with Crippen LogP contribution in [0.15, 0.2) is 43.9 Å². The Hall–Kier alpha value is -2.10. The van der Waals surface area contributed by atoms with E-state index in [2.05, 4.69) is 23.5 Å². The van der Waals surface area contributed by atoms with Crippen molar-refractivity contribution in [1.29, 1.82) is 0 Å². The van der Waals surface area contributed by atoms with Gasteiger partial charge in [0, 0.05) is 7.05 Å². The van der Waals surface area contributed by atoms with Gasteiger partial charge in [0.15, 0.2) is 0 Å². The number of amides is 1. The summed E-state index contributed by atoms with van der Waals surface area (Å²) in [5, 5.41) is 2.56. The van der Waals surface area contributed by atoms with E-state index in [1.807, 2.05) is 6.08 Å². The number of rotatable bonds is 5. The predicted molar refractivity (Wildman–Crippen MR) is 64.7 cm³/mol. The van der Waals surface area contributed by atoms with E-state index in [1.54, 1.807) is 36.3 Å². The van der Waals surface area contributed by atoms with Crippen LogP contribution in [0.4, 0.5) is 0 Å². The first-order valence-corrected chi connectivity index (χ1v) is 4.88. The van der Waals surface area contributed by atoms with Crippen LogP contribution in [0.25, 0.3) is 5.57 Å².